The highest BCUT2D eigenvalue weighted by atomic mass is 32.2. The maximum Gasteiger partial charge on any atom is 0.322 e. The third-order valence-electron chi connectivity index (χ3n) is 3.71. The molecule has 2 aromatic carbocycles. The quantitative estimate of drug-likeness (QED) is 0.567. The first-order chi connectivity index (χ1) is 12.9. The number of hydrogen-bond donors (Lipinski definition) is 2. The lowest BCUT2D eigenvalue weighted by molar-refractivity contribution is -0.138. The van der Waals surface area contributed by atoms with Gasteiger partial charge >= 0.3 is 5.97 Å². The van der Waals surface area contributed by atoms with Gasteiger partial charge in [0.15, 0.2) is 0 Å². The van der Waals surface area contributed by atoms with E-state index in [4.69, 9.17) is 9.47 Å². The average Bonchev–Trinajstić information content (AvgIpc) is 2.66. The summed E-state index contributed by atoms with van der Waals surface area (Å²) in [6.07, 6.45) is 0.0496. The summed E-state index contributed by atoms with van der Waals surface area (Å²) >= 11 is 0. The topological polar surface area (TPSA) is 102 Å². The molecule has 0 radical (unpaired) electrons. The van der Waals surface area contributed by atoms with E-state index >= 15 is 0 Å². The maximum atomic E-state index is 12.5. The van der Waals surface area contributed by atoms with Crippen LogP contribution in [0.1, 0.15) is 12.5 Å². The second kappa shape index (κ2) is 10.1. The molecule has 0 saturated carbocycles. The number of carbonyl (C=O) groups is 1. The van der Waals surface area contributed by atoms with Crippen molar-refractivity contribution in [3.8, 4) is 5.75 Å². The Bertz CT molecular complexity index is 821. The molecule has 0 heterocycles. The molecule has 2 N–H and O–H groups in total. The molecule has 2 rings (SSSR count). The number of sulfonamides is 1. The van der Waals surface area contributed by atoms with E-state index < -0.39 is 22.0 Å². The van der Waals surface area contributed by atoms with E-state index in [1.165, 1.54) is 24.3 Å². The zero-order valence-corrected chi connectivity index (χ0v) is 15.8. The van der Waals surface area contributed by atoms with Gasteiger partial charge in [-0.25, -0.2) is 8.42 Å². The lowest BCUT2D eigenvalue weighted by Gasteiger charge is -2.15. The van der Waals surface area contributed by atoms with Gasteiger partial charge in [0.2, 0.25) is 10.0 Å². The van der Waals surface area contributed by atoms with Crippen LogP contribution in [-0.4, -0.2) is 45.4 Å². The molecule has 0 amide bonds. The number of aliphatic carboxylic acids is 1. The van der Waals surface area contributed by atoms with Crippen molar-refractivity contribution in [2.75, 3.05) is 19.8 Å². The first kappa shape index (κ1) is 20.9. The van der Waals surface area contributed by atoms with Gasteiger partial charge in [0.05, 0.1) is 11.5 Å². The van der Waals surface area contributed by atoms with Crippen LogP contribution in [0.4, 0.5) is 0 Å². The minimum absolute atomic E-state index is 0.0287. The normalized spacial score (nSPS) is 12.5. The fourth-order valence-corrected chi connectivity index (χ4v) is 3.55. The molecule has 0 unspecified atom stereocenters. The van der Waals surface area contributed by atoms with Crippen molar-refractivity contribution >= 4 is 16.0 Å². The number of carboxylic acid groups (broad SMARTS) is 1. The number of carboxylic acids is 1. The smallest absolute Gasteiger partial charge is 0.322 e. The van der Waals surface area contributed by atoms with Gasteiger partial charge in [-0.2, -0.15) is 4.72 Å². The molecular weight excluding hydrogens is 370 g/mol. The predicted octanol–water partition coefficient (Wildman–Crippen LogP) is 2.08. The van der Waals surface area contributed by atoms with Gasteiger partial charge in [0.1, 0.15) is 18.4 Å². The van der Waals surface area contributed by atoms with Gasteiger partial charge < -0.3 is 14.6 Å². The zero-order valence-electron chi connectivity index (χ0n) is 15.0. The fourth-order valence-electron chi connectivity index (χ4n) is 2.36. The molecule has 0 aliphatic heterocycles. The number of hydrogen-bond acceptors (Lipinski definition) is 5. The average molecular weight is 393 g/mol. The maximum absolute atomic E-state index is 12.5. The summed E-state index contributed by atoms with van der Waals surface area (Å²) < 4.78 is 37.9. The minimum Gasteiger partial charge on any atom is -0.491 e. The summed E-state index contributed by atoms with van der Waals surface area (Å²) in [6.45, 7) is 3.28. The molecular formula is C19H23NO6S. The first-order valence-electron chi connectivity index (χ1n) is 8.52. The van der Waals surface area contributed by atoms with Crippen LogP contribution < -0.4 is 9.46 Å². The summed E-state index contributed by atoms with van der Waals surface area (Å²) in [4.78, 5) is 11.5. The van der Waals surface area contributed by atoms with Crippen molar-refractivity contribution < 1.29 is 27.8 Å². The summed E-state index contributed by atoms with van der Waals surface area (Å²) in [6, 6.07) is 13.4. The third-order valence-corrected chi connectivity index (χ3v) is 5.20. The number of ether oxygens (including phenoxy) is 2. The van der Waals surface area contributed by atoms with Gasteiger partial charge in [0.25, 0.3) is 0 Å². The molecule has 27 heavy (non-hydrogen) atoms. The molecule has 2 aromatic rings. The van der Waals surface area contributed by atoms with Crippen molar-refractivity contribution in [2.24, 2.45) is 0 Å². The van der Waals surface area contributed by atoms with E-state index in [1.54, 1.807) is 30.3 Å². The van der Waals surface area contributed by atoms with E-state index in [2.05, 4.69) is 4.72 Å². The Morgan fingerprint density at radius 2 is 1.74 bits per heavy atom. The highest BCUT2D eigenvalue weighted by Crippen LogP contribution is 2.17. The van der Waals surface area contributed by atoms with Crippen LogP contribution in [-0.2, 0) is 26.0 Å². The monoisotopic (exact) mass is 393 g/mol. The molecule has 0 bridgehead atoms. The van der Waals surface area contributed by atoms with Crippen LogP contribution in [0.25, 0.3) is 0 Å². The Morgan fingerprint density at radius 1 is 1.07 bits per heavy atom. The van der Waals surface area contributed by atoms with Gasteiger partial charge in [-0.1, -0.05) is 30.3 Å². The molecule has 8 heteroatoms. The van der Waals surface area contributed by atoms with Gasteiger partial charge in [-0.15, -0.1) is 0 Å². The Morgan fingerprint density at radius 3 is 2.33 bits per heavy atom. The molecule has 0 aromatic heterocycles. The first-order valence-corrected chi connectivity index (χ1v) is 10.0. The van der Waals surface area contributed by atoms with Crippen LogP contribution in [0, 0.1) is 0 Å². The molecule has 146 valence electrons. The summed E-state index contributed by atoms with van der Waals surface area (Å²) in [5, 5.41) is 9.37. The summed E-state index contributed by atoms with van der Waals surface area (Å²) in [7, 11) is -3.98. The summed E-state index contributed by atoms with van der Waals surface area (Å²) in [5.74, 6) is -0.731. The van der Waals surface area contributed by atoms with Crippen molar-refractivity contribution in [2.45, 2.75) is 24.3 Å². The van der Waals surface area contributed by atoms with Gasteiger partial charge in [-0.3, -0.25) is 4.79 Å². The van der Waals surface area contributed by atoms with Crippen LogP contribution in [0.15, 0.2) is 59.5 Å². The van der Waals surface area contributed by atoms with Crippen molar-refractivity contribution in [1.82, 2.24) is 4.72 Å². The van der Waals surface area contributed by atoms with Crippen LogP contribution in [0.3, 0.4) is 0 Å². The Hall–Kier alpha value is -2.42. The molecule has 0 saturated heterocycles. The van der Waals surface area contributed by atoms with Gasteiger partial charge in [-0.05, 0) is 43.2 Å². The van der Waals surface area contributed by atoms with E-state index in [-0.39, 0.29) is 11.3 Å². The SMILES string of the molecule is CCOCCOc1ccc(S(=O)(=O)N[C@H](Cc2ccccc2)C(=O)O)cc1. The lowest BCUT2D eigenvalue weighted by Crippen LogP contribution is -2.42. The van der Waals surface area contributed by atoms with E-state index in [0.29, 0.717) is 25.6 Å². The van der Waals surface area contributed by atoms with Crippen LogP contribution in [0.5, 0.6) is 5.75 Å². The Labute approximate surface area is 159 Å². The standard InChI is InChI=1S/C19H23NO6S/c1-2-25-12-13-26-16-8-10-17(11-9-16)27(23,24)20-18(19(21)22)14-15-6-4-3-5-7-15/h3-11,18,20H,2,12-14H2,1H3,(H,21,22)/t18-/m1/s1. The predicted molar refractivity (Wildman–Crippen MR) is 100 cm³/mol. The molecule has 0 aliphatic rings. The molecule has 7 nitrogen and oxygen atoms in total. The van der Waals surface area contributed by atoms with Crippen molar-refractivity contribution in [1.29, 1.82) is 0 Å². The van der Waals surface area contributed by atoms with Crippen molar-refractivity contribution in [3.63, 3.8) is 0 Å². The number of benzene rings is 2. The lowest BCUT2D eigenvalue weighted by atomic mass is 10.1. The van der Waals surface area contributed by atoms with Crippen LogP contribution in [0.2, 0.25) is 0 Å². The summed E-state index contributed by atoms with van der Waals surface area (Å²) in [5.41, 5.74) is 0.727. The Kier molecular flexibility index (Phi) is 7.78. The zero-order chi connectivity index (χ0) is 19.7. The second-order valence-electron chi connectivity index (χ2n) is 5.72. The van der Waals surface area contributed by atoms with E-state index in [9.17, 15) is 18.3 Å². The van der Waals surface area contributed by atoms with E-state index in [1.807, 2.05) is 6.92 Å². The largest absolute Gasteiger partial charge is 0.491 e. The fraction of sp³-hybridized carbons (Fsp3) is 0.316. The molecule has 0 fully saturated rings. The Balaban J connectivity index is 2.03. The highest BCUT2D eigenvalue weighted by Gasteiger charge is 2.25. The molecule has 0 aliphatic carbocycles. The van der Waals surface area contributed by atoms with Gasteiger partial charge in [0, 0.05) is 6.61 Å². The molecule has 0 spiro atoms. The van der Waals surface area contributed by atoms with E-state index in [0.717, 1.165) is 5.56 Å². The molecule has 1 atom stereocenters. The highest BCUT2D eigenvalue weighted by molar-refractivity contribution is 7.89. The van der Waals surface area contributed by atoms with Crippen molar-refractivity contribution in [3.05, 3.63) is 60.2 Å². The third kappa shape index (κ3) is 6.67. The number of rotatable bonds is 11. The second-order valence-corrected chi connectivity index (χ2v) is 7.43. The minimum atomic E-state index is -3.98. The van der Waals surface area contributed by atoms with Crippen LogP contribution >= 0.6 is 0 Å². The number of nitrogens with one attached hydrogen (secondary N) is 1.